The molecular formula is C24H36N2O5Si. The van der Waals surface area contributed by atoms with Gasteiger partial charge in [0.1, 0.15) is 12.6 Å². The highest BCUT2D eigenvalue weighted by molar-refractivity contribution is 6.74. The van der Waals surface area contributed by atoms with Gasteiger partial charge in [-0.05, 0) is 48.5 Å². The molecule has 7 nitrogen and oxygen atoms in total. The van der Waals surface area contributed by atoms with Gasteiger partial charge >= 0.3 is 6.09 Å². The van der Waals surface area contributed by atoms with Gasteiger partial charge in [0.05, 0.1) is 12.5 Å². The van der Waals surface area contributed by atoms with Crippen LogP contribution in [0.2, 0.25) is 18.1 Å². The highest BCUT2D eigenvalue weighted by Gasteiger charge is 2.49. The number of benzene rings is 1. The topological polar surface area (TPSA) is 81.9 Å². The van der Waals surface area contributed by atoms with Gasteiger partial charge in [-0.2, -0.15) is 0 Å². The van der Waals surface area contributed by atoms with Crippen LogP contribution in [0, 0.1) is 10.1 Å². The molecule has 176 valence electrons. The fraction of sp³-hybridized carbons (Fsp3) is 0.625. The predicted molar refractivity (Wildman–Crippen MR) is 127 cm³/mol. The van der Waals surface area contributed by atoms with Gasteiger partial charge in [0.2, 0.25) is 6.04 Å². The Balaban J connectivity index is 1.81. The molecule has 1 saturated heterocycles. The lowest BCUT2D eigenvalue weighted by Crippen LogP contribution is -2.53. The number of cyclic esters (lactones) is 1. The molecule has 1 aliphatic heterocycles. The summed E-state index contributed by atoms with van der Waals surface area (Å²) in [7, 11) is -1.84. The molecule has 1 aliphatic carbocycles. The maximum absolute atomic E-state index is 12.4. The van der Waals surface area contributed by atoms with E-state index in [1.165, 1.54) is 0 Å². The molecule has 0 spiro atoms. The minimum atomic E-state index is -1.84. The van der Waals surface area contributed by atoms with Crippen molar-refractivity contribution in [2.45, 2.75) is 76.2 Å². The fourth-order valence-corrected chi connectivity index (χ4v) is 5.47. The van der Waals surface area contributed by atoms with Crippen molar-refractivity contribution in [3.05, 3.63) is 57.7 Å². The van der Waals surface area contributed by atoms with Crippen molar-refractivity contribution < 1.29 is 18.9 Å². The highest BCUT2D eigenvalue weighted by atomic mass is 28.4. The van der Waals surface area contributed by atoms with Crippen molar-refractivity contribution in [3.8, 4) is 0 Å². The van der Waals surface area contributed by atoms with Crippen LogP contribution in [0.1, 0.15) is 51.5 Å². The number of rotatable bonds is 8. The number of hydrogen-bond donors (Lipinski definition) is 0. The molecule has 1 aromatic rings. The van der Waals surface area contributed by atoms with Crippen LogP contribution in [-0.4, -0.2) is 56.1 Å². The zero-order valence-corrected chi connectivity index (χ0v) is 20.9. The summed E-state index contributed by atoms with van der Waals surface area (Å²) in [5, 5.41) is 12.4. The summed E-state index contributed by atoms with van der Waals surface area (Å²) in [6.07, 6.45) is 3.69. The quantitative estimate of drug-likeness (QED) is 0.171. The smallest absolute Gasteiger partial charge is 0.410 e. The third-order valence-electron chi connectivity index (χ3n) is 7.23. The number of ether oxygens (including phenoxy) is 1. The first-order chi connectivity index (χ1) is 15.0. The van der Waals surface area contributed by atoms with Gasteiger partial charge in [-0.1, -0.05) is 57.2 Å². The van der Waals surface area contributed by atoms with Gasteiger partial charge in [-0.15, -0.1) is 0 Å². The molecule has 3 atom stereocenters. The van der Waals surface area contributed by atoms with E-state index >= 15 is 0 Å². The largest absolute Gasteiger partial charge is 0.448 e. The lowest BCUT2D eigenvalue weighted by atomic mass is 9.76. The van der Waals surface area contributed by atoms with E-state index in [1.54, 1.807) is 4.90 Å². The molecule has 0 unspecified atom stereocenters. The minimum Gasteiger partial charge on any atom is -0.448 e. The molecule has 0 radical (unpaired) electrons. The fourth-order valence-electron chi connectivity index (χ4n) is 4.39. The first-order valence-corrected chi connectivity index (χ1v) is 14.4. The summed E-state index contributed by atoms with van der Waals surface area (Å²) in [5.74, 6) is -0.281. The summed E-state index contributed by atoms with van der Waals surface area (Å²) in [6, 6.07) is 8.10. The Hall–Kier alpha value is -2.19. The summed E-state index contributed by atoms with van der Waals surface area (Å²) in [4.78, 5) is 26.1. The van der Waals surface area contributed by atoms with Crippen LogP contribution in [0.3, 0.4) is 0 Å². The Labute approximate surface area is 192 Å². The van der Waals surface area contributed by atoms with E-state index in [0.717, 1.165) is 17.6 Å². The van der Waals surface area contributed by atoms with Crippen molar-refractivity contribution >= 4 is 14.4 Å². The lowest BCUT2D eigenvalue weighted by Gasteiger charge is -2.38. The zero-order chi connectivity index (χ0) is 23.5. The van der Waals surface area contributed by atoms with Gasteiger partial charge < -0.3 is 9.16 Å². The third-order valence-corrected chi connectivity index (χ3v) is 11.8. The van der Waals surface area contributed by atoms with Gasteiger partial charge in [0, 0.05) is 11.5 Å². The van der Waals surface area contributed by atoms with Gasteiger partial charge in [0.15, 0.2) is 8.32 Å². The number of allylic oxidation sites excluding steroid dienone is 1. The summed E-state index contributed by atoms with van der Waals surface area (Å²) >= 11 is 0. The van der Waals surface area contributed by atoms with Gasteiger partial charge in [0.25, 0.3) is 0 Å². The average Bonchev–Trinajstić information content (AvgIpc) is 3.15. The van der Waals surface area contributed by atoms with Crippen LogP contribution in [0.5, 0.6) is 0 Å². The van der Waals surface area contributed by atoms with Crippen LogP contribution in [-0.2, 0) is 9.16 Å². The van der Waals surface area contributed by atoms with Crippen molar-refractivity contribution in [2.24, 2.45) is 0 Å². The van der Waals surface area contributed by atoms with Crippen LogP contribution < -0.4 is 0 Å². The Morgan fingerprint density at radius 3 is 2.50 bits per heavy atom. The number of hydrogen-bond acceptors (Lipinski definition) is 5. The van der Waals surface area contributed by atoms with E-state index in [2.05, 4.69) is 39.9 Å². The van der Waals surface area contributed by atoms with Crippen molar-refractivity contribution in [2.75, 3.05) is 19.8 Å². The van der Waals surface area contributed by atoms with Crippen LogP contribution in [0.15, 0.2) is 42.0 Å². The molecule has 1 aromatic carbocycles. The van der Waals surface area contributed by atoms with E-state index in [-0.39, 0.29) is 22.5 Å². The lowest BCUT2D eigenvalue weighted by molar-refractivity contribution is -0.533. The van der Waals surface area contributed by atoms with Gasteiger partial charge in [-0.3, -0.25) is 15.0 Å². The number of carbonyl (C=O) groups is 1. The Bertz CT molecular complexity index is 850. The first kappa shape index (κ1) is 24.4. The second kappa shape index (κ2) is 9.75. The molecule has 0 bridgehead atoms. The third kappa shape index (κ3) is 5.23. The van der Waals surface area contributed by atoms with E-state index < -0.39 is 26.5 Å². The maximum Gasteiger partial charge on any atom is 0.410 e. The monoisotopic (exact) mass is 460 g/mol. The van der Waals surface area contributed by atoms with Crippen LogP contribution >= 0.6 is 0 Å². The molecule has 2 aliphatic rings. The molecule has 1 amide bonds. The first-order valence-electron chi connectivity index (χ1n) is 11.5. The molecule has 8 heteroatoms. The molecule has 3 rings (SSSR count). The number of nitro groups is 1. The van der Waals surface area contributed by atoms with Crippen molar-refractivity contribution in [1.82, 2.24) is 4.90 Å². The second-order valence-corrected chi connectivity index (χ2v) is 15.1. The average molecular weight is 461 g/mol. The standard InChI is InChI=1S/C24H36N2O5Si/c1-24(2,3)32(4,5)31-16-9-12-19-13-14-20(18-10-7-6-8-11-18)22(26(28)29)21(19)25-15-17-30-23(25)27/h6-8,10-11,13,20-22H,9,12,14-17H2,1-5H3/t20-,21-,22-/m0/s1. The van der Waals surface area contributed by atoms with Crippen LogP contribution in [0.4, 0.5) is 4.79 Å². The van der Waals surface area contributed by atoms with Crippen molar-refractivity contribution in [3.63, 3.8) is 0 Å². The van der Waals surface area contributed by atoms with E-state index in [1.807, 2.05) is 30.3 Å². The molecule has 1 fully saturated rings. The molecule has 1 heterocycles. The molecule has 0 saturated carbocycles. The normalized spacial score (nSPS) is 24.3. The summed E-state index contributed by atoms with van der Waals surface area (Å²) in [5.41, 5.74) is 1.89. The Morgan fingerprint density at radius 1 is 1.25 bits per heavy atom. The number of amides is 1. The maximum atomic E-state index is 12.4. The SMILES string of the molecule is CC(C)(C)[Si](C)(C)OCCCC1=CC[C@@H](c2ccccc2)[C@H]([N+](=O)[O-])[C@H]1N1CCOC1=O. The highest BCUT2D eigenvalue weighted by Crippen LogP contribution is 2.40. The molecule has 32 heavy (non-hydrogen) atoms. The Morgan fingerprint density at radius 2 is 1.94 bits per heavy atom. The van der Waals surface area contributed by atoms with E-state index in [4.69, 9.17) is 9.16 Å². The molecular weight excluding hydrogens is 424 g/mol. The summed E-state index contributed by atoms with van der Waals surface area (Å²) < 4.78 is 11.5. The molecule has 0 aromatic heterocycles. The second-order valence-electron chi connectivity index (χ2n) is 10.3. The number of nitrogens with zero attached hydrogens (tertiary/aromatic N) is 2. The number of carbonyl (C=O) groups excluding carboxylic acids is 1. The van der Waals surface area contributed by atoms with Gasteiger partial charge in [-0.25, -0.2) is 4.79 Å². The summed E-state index contributed by atoms with van der Waals surface area (Å²) in [6.45, 7) is 12.4. The van der Waals surface area contributed by atoms with E-state index in [0.29, 0.717) is 26.0 Å². The predicted octanol–water partition coefficient (Wildman–Crippen LogP) is 5.37. The Kier molecular flexibility index (Phi) is 7.45. The van der Waals surface area contributed by atoms with Crippen molar-refractivity contribution in [1.29, 1.82) is 0 Å². The zero-order valence-electron chi connectivity index (χ0n) is 19.9. The molecule has 0 N–H and O–H groups in total. The minimum absolute atomic E-state index is 0.137. The van der Waals surface area contributed by atoms with Crippen LogP contribution in [0.25, 0.3) is 0 Å². The van der Waals surface area contributed by atoms with E-state index in [9.17, 15) is 14.9 Å².